The first-order chi connectivity index (χ1) is 10.0. The summed E-state index contributed by atoms with van der Waals surface area (Å²) < 4.78 is 11.0. The van der Waals surface area contributed by atoms with Crippen molar-refractivity contribution < 1.29 is 18.9 Å². The number of hydrogen-bond acceptors (Lipinski definition) is 3. The van der Waals surface area contributed by atoms with Crippen LogP contribution < -0.4 is 10.2 Å². The number of benzene rings is 1. The van der Waals surface area contributed by atoms with Crippen molar-refractivity contribution in [1.82, 2.24) is 5.32 Å². The molecule has 7 heteroatoms. The number of anilines is 1. The van der Waals surface area contributed by atoms with E-state index in [4.69, 9.17) is 0 Å². The predicted octanol–water partition coefficient (Wildman–Crippen LogP) is 0.981. The molecule has 0 fully saturated rings. The lowest BCUT2D eigenvalue weighted by atomic mass is 10.1. The van der Waals surface area contributed by atoms with Gasteiger partial charge in [0.05, 0.1) is 0 Å². The number of hydrogen-bond donors (Lipinski definition) is 2. The summed E-state index contributed by atoms with van der Waals surface area (Å²) in [4.78, 5) is 24.9. The molecule has 0 saturated carbocycles. The molecule has 21 heavy (non-hydrogen) atoms. The maximum Gasteiger partial charge on any atom is 0.327 e. The number of carboxylic acids is 1. The zero-order valence-corrected chi connectivity index (χ0v) is 12.6. The van der Waals surface area contributed by atoms with Crippen LogP contribution in [-0.2, 0) is 22.0 Å². The molecule has 0 saturated heterocycles. The highest BCUT2D eigenvalue weighted by molar-refractivity contribution is 7.84. The van der Waals surface area contributed by atoms with Crippen molar-refractivity contribution in [3.05, 3.63) is 29.8 Å². The van der Waals surface area contributed by atoms with Crippen LogP contribution in [-0.4, -0.2) is 45.9 Å². The van der Waals surface area contributed by atoms with Crippen LogP contribution in [0.4, 0.5) is 10.5 Å². The zero-order chi connectivity index (χ0) is 15.4. The molecule has 0 aromatic heterocycles. The Hall–Kier alpha value is -1.89. The largest absolute Gasteiger partial charge is 0.480 e. The molecule has 0 aliphatic carbocycles. The maximum atomic E-state index is 12.2. The van der Waals surface area contributed by atoms with E-state index in [-0.39, 0.29) is 0 Å². The number of fused-ring (bicyclic) bond motifs is 1. The molecule has 1 aromatic carbocycles. The van der Waals surface area contributed by atoms with Crippen LogP contribution in [0.2, 0.25) is 0 Å². The highest BCUT2D eigenvalue weighted by Gasteiger charge is 2.38. The summed E-state index contributed by atoms with van der Waals surface area (Å²) in [6.07, 6.45) is 2.53. The fraction of sp³-hybridized carbons (Fsp3) is 0.429. The van der Waals surface area contributed by atoms with Crippen LogP contribution in [0.5, 0.6) is 0 Å². The Bertz CT molecular complexity index is 576. The summed E-state index contributed by atoms with van der Waals surface area (Å²) in [6, 6.07) is 5.90. The molecule has 1 unspecified atom stereocenters. The molecule has 0 bridgehead atoms. The first-order valence-corrected chi connectivity index (χ1v) is 8.41. The molecule has 1 heterocycles. The third-order valence-corrected chi connectivity index (χ3v) is 4.23. The monoisotopic (exact) mass is 310 g/mol. The van der Waals surface area contributed by atoms with Gasteiger partial charge in [0.25, 0.3) is 0 Å². The highest BCUT2D eigenvalue weighted by Crippen LogP contribution is 2.32. The van der Waals surface area contributed by atoms with E-state index in [2.05, 4.69) is 5.32 Å². The lowest BCUT2D eigenvalue weighted by Gasteiger charge is -2.23. The number of rotatable bonds is 5. The van der Waals surface area contributed by atoms with E-state index in [1.807, 2.05) is 12.1 Å². The Morgan fingerprint density at radius 3 is 2.81 bits per heavy atom. The summed E-state index contributed by atoms with van der Waals surface area (Å²) in [5, 5.41) is 12.0. The van der Waals surface area contributed by atoms with E-state index in [9.17, 15) is 18.9 Å². The molecule has 2 amide bonds. The second kappa shape index (κ2) is 6.71. The SMILES string of the molecule is CS(=O)CCCNC(=O)N1c2ccccc2C[C@H]1C(=O)O. The van der Waals surface area contributed by atoms with Crippen molar-refractivity contribution in [3.63, 3.8) is 0 Å². The van der Waals surface area contributed by atoms with Crippen LogP contribution in [0.1, 0.15) is 12.0 Å². The van der Waals surface area contributed by atoms with Gasteiger partial charge in [0.1, 0.15) is 6.04 Å². The minimum absolute atomic E-state index is 0.317. The first kappa shape index (κ1) is 15.5. The first-order valence-electron chi connectivity index (χ1n) is 6.68. The minimum Gasteiger partial charge on any atom is -0.480 e. The lowest BCUT2D eigenvalue weighted by molar-refractivity contribution is -0.138. The van der Waals surface area contributed by atoms with Crippen molar-refractivity contribution in [1.29, 1.82) is 0 Å². The minimum atomic E-state index is -1.02. The molecule has 1 aromatic rings. The van der Waals surface area contributed by atoms with Gasteiger partial charge in [0.2, 0.25) is 0 Å². The summed E-state index contributed by atoms with van der Waals surface area (Å²) in [5.74, 6) is -0.504. The summed E-state index contributed by atoms with van der Waals surface area (Å²) in [7, 11) is -0.892. The summed E-state index contributed by atoms with van der Waals surface area (Å²) in [5.41, 5.74) is 1.50. The van der Waals surface area contributed by atoms with Gasteiger partial charge in [0.15, 0.2) is 0 Å². The molecule has 6 nitrogen and oxygen atoms in total. The second-order valence-corrected chi connectivity index (χ2v) is 6.47. The number of amides is 2. The summed E-state index contributed by atoms with van der Waals surface area (Å²) >= 11 is 0. The van der Waals surface area contributed by atoms with Crippen molar-refractivity contribution >= 4 is 28.5 Å². The molecule has 0 radical (unpaired) electrons. The molecule has 1 aliphatic rings. The second-order valence-electron chi connectivity index (χ2n) is 4.92. The number of para-hydroxylation sites is 1. The third kappa shape index (κ3) is 3.60. The Labute approximate surface area is 125 Å². The average Bonchev–Trinajstić information content (AvgIpc) is 2.83. The van der Waals surface area contributed by atoms with E-state index in [0.717, 1.165) is 5.56 Å². The Morgan fingerprint density at radius 1 is 1.43 bits per heavy atom. The van der Waals surface area contributed by atoms with Gasteiger partial charge in [-0.05, 0) is 18.1 Å². The molecule has 0 spiro atoms. The molecule has 114 valence electrons. The quantitative estimate of drug-likeness (QED) is 0.794. The van der Waals surface area contributed by atoms with Gasteiger partial charge in [-0.2, -0.15) is 0 Å². The Morgan fingerprint density at radius 2 is 2.14 bits per heavy atom. The molecule has 2 rings (SSSR count). The fourth-order valence-electron chi connectivity index (χ4n) is 2.39. The Balaban J connectivity index is 2.06. The predicted molar refractivity (Wildman–Crippen MR) is 81.0 cm³/mol. The fourth-order valence-corrected chi connectivity index (χ4v) is 2.94. The van der Waals surface area contributed by atoms with Crippen LogP contribution >= 0.6 is 0 Å². The number of nitrogens with one attached hydrogen (secondary N) is 1. The van der Waals surface area contributed by atoms with Gasteiger partial charge in [0, 0.05) is 41.5 Å². The van der Waals surface area contributed by atoms with Crippen LogP contribution in [0.3, 0.4) is 0 Å². The third-order valence-electron chi connectivity index (χ3n) is 3.36. The maximum absolute atomic E-state index is 12.2. The number of carboxylic acid groups (broad SMARTS) is 1. The van der Waals surface area contributed by atoms with E-state index < -0.39 is 28.8 Å². The van der Waals surface area contributed by atoms with E-state index in [1.54, 1.807) is 18.4 Å². The van der Waals surface area contributed by atoms with Gasteiger partial charge in [-0.15, -0.1) is 0 Å². The van der Waals surface area contributed by atoms with Crippen molar-refractivity contribution in [3.8, 4) is 0 Å². The number of urea groups is 1. The van der Waals surface area contributed by atoms with E-state index >= 15 is 0 Å². The topological polar surface area (TPSA) is 86.7 Å². The van der Waals surface area contributed by atoms with E-state index in [1.165, 1.54) is 4.90 Å². The smallest absolute Gasteiger partial charge is 0.327 e. The molecule has 1 aliphatic heterocycles. The summed E-state index contributed by atoms with van der Waals surface area (Å²) in [6.45, 7) is 0.378. The Kier molecular flexibility index (Phi) is 4.95. The number of carbonyl (C=O) groups is 2. The lowest BCUT2D eigenvalue weighted by Crippen LogP contribution is -2.48. The van der Waals surface area contributed by atoms with Crippen molar-refractivity contribution in [2.45, 2.75) is 18.9 Å². The van der Waals surface area contributed by atoms with Crippen LogP contribution in [0.15, 0.2) is 24.3 Å². The van der Waals surface area contributed by atoms with Gasteiger partial charge >= 0.3 is 12.0 Å². The standard InChI is InChI=1S/C14H18N2O4S/c1-21(20)8-4-7-15-14(19)16-11-6-3-2-5-10(11)9-12(16)13(17)18/h2-3,5-6,12H,4,7-9H2,1H3,(H,15,19)(H,17,18)/t12-,21?/m0/s1. The van der Waals surface area contributed by atoms with Crippen LogP contribution in [0.25, 0.3) is 0 Å². The van der Waals surface area contributed by atoms with Gasteiger partial charge < -0.3 is 10.4 Å². The highest BCUT2D eigenvalue weighted by atomic mass is 32.2. The van der Waals surface area contributed by atoms with Gasteiger partial charge in [-0.25, -0.2) is 9.59 Å². The van der Waals surface area contributed by atoms with Crippen LogP contribution in [0, 0.1) is 0 Å². The van der Waals surface area contributed by atoms with Gasteiger partial charge in [-0.3, -0.25) is 9.11 Å². The van der Waals surface area contributed by atoms with Crippen molar-refractivity contribution in [2.75, 3.05) is 23.5 Å². The number of aliphatic carboxylic acids is 1. The molecule has 2 N–H and O–H groups in total. The number of nitrogens with zero attached hydrogens (tertiary/aromatic N) is 1. The van der Waals surface area contributed by atoms with Crippen molar-refractivity contribution in [2.24, 2.45) is 0 Å². The number of carbonyl (C=O) groups excluding carboxylic acids is 1. The van der Waals surface area contributed by atoms with Gasteiger partial charge in [-0.1, -0.05) is 18.2 Å². The molecular weight excluding hydrogens is 292 g/mol. The molecular formula is C14H18N2O4S. The normalized spacial score (nSPS) is 18.1. The molecule has 2 atom stereocenters. The zero-order valence-electron chi connectivity index (χ0n) is 11.7. The average molecular weight is 310 g/mol. The van der Waals surface area contributed by atoms with E-state index in [0.29, 0.717) is 30.8 Å².